The minimum absolute atomic E-state index is 0.0923. The summed E-state index contributed by atoms with van der Waals surface area (Å²) in [5, 5.41) is 3.08. The summed E-state index contributed by atoms with van der Waals surface area (Å²) in [6.07, 6.45) is 7.97. The predicted octanol–water partition coefficient (Wildman–Crippen LogP) is 2.41. The molecule has 0 saturated carbocycles. The molecule has 0 aromatic carbocycles. The number of aromatic amines is 1. The zero-order valence-electron chi connectivity index (χ0n) is 17.0. The molecule has 4 rings (SSSR count). The van der Waals surface area contributed by atoms with E-state index < -0.39 is 0 Å². The Morgan fingerprint density at radius 3 is 2.89 bits per heavy atom. The number of hydrogen-bond donors (Lipinski definition) is 2. The molecule has 4 atom stereocenters. The van der Waals surface area contributed by atoms with Crippen LogP contribution in [0.3, 0.4) is 0 Å². The second-order valence-corrected chi connectivity index (χ2v) is 8.88. The summed E-state index contributed by atoms with van der Waals surface area (Å²) in [6, 6.07) is 4.04. The van der Waals surface area contributed by atoms with Crippen LogP contribution in [0.2, 0.25) is 0 Å². The van der Waals surface area contributed by atoms with E-state index in [4.69, 9.17) is 0 Å². The highest BCUT2D eigenvalue weighted by atomic mass is 16.2. The van der Waals surface area contributed by atoms with Gasteiger partial charge in [-0.15, -0.1) is 0 Å². The van der Waals surface area contributed by atoms with Gasteiger partial charge in [0.1, 0.15) is 5.69 Å². The number of carbonyl (C=O) groups is 2. The Morgan fingerprint density at radius 1 is 1.32 bits per heavy atom. The number of hydrogen-bond acceptors (Lipinski definition) is 3. The van der Waals surface area contributed by atoms with Crippen LogP contribution in [0, 0.1) is 11.8 Å². The number of piperidine rings is 3. The monoisotopic (exact) mass is 384 g/mol. The number of aromatic nitrogens is 1. The molecule has 152 valence electrons. The van der Waals surface area contributed by atoms with E-state index in [2.05, 4.69) is 40.0 Å². The van der Waals surface area contributed by atoms with E-state index in [-0.39, 0.29) is 17.9 Å². The van der Waals surface area contributed by atoms with Gasteiger partial charge in [0.25, 0.3) is 5.91 Å². The van der Waals surface area contributed by atoms with Gasteiger partial charge in [0, 0.05) is 44.8 Å². The highest BCUT2D eigenvalue weighted by Gasteiger charge is 2.49. The first kappa shape index (κ1) is 19.2. The predicted molar refractivity (Wildman–Crippen MR) is 109 cm³/mol. The first-order valence-corrected chi connectivity index (χ1v) is 10.6. The van der Waals surface area contributed by atoms with E-state index in [0.717, 1.165) is 32.5 Å². The molecule has 28 heavy (non-hydrogen) atoms. The molecule has 2 bridgehead atoms. The van der Waals surface area contributed by atoms with Gasteiger partial charge in [0.2, 0.25) is 5.91 Å². The Morgan fingerprint density at radius 2 is 2.14 bits per heavy atom. The van der Waals surface area contributed by atoms with Gasteiger partial charge in [-0.3, -0.25) is 14.5 Å². The van der Waals surface area contributed by atoms with Crippen molar-refractivity contribution in [1.82, 2.24) is 20.1 Å². The van der Waals surface area contributed by atoms with Crippen LogP contribution in [-0.2, 0) is 4.79 Å². The van der Waals surface area contributed by atoms with Crippen molar-refractivity contribution in [3.8, 4) is 0 Å². The van der Waals surface area contributed by atoms with Gasteiger partial charge in [0.05, 0.1) is 6.04 Å². The molecule has 0 radical (unpaired) electrons. The fourth-order valence-electron chi connectivity index (χ4n) is 5.36. The van der Waals surface area contributed by atoms with Gasteiger partial charge in [0.15, 0.2) is 0 Å². The van der Waals surface area contributed by atoms with Crippen LogP contribution in [-0.4, -0.2) is 64.9 Å². The second-order valence-electron chi connectivity index (χ2n) is 8.88. The lowest BCUT2D eigenvalue weighted by atomic mass is 9.72. The summed E-state index contributed by atoms with van der Waals surface area (Å²) in [6.45, 7) is 7.89. The lowest BCUT2D eigenvalue weighted by Gasteiger charge is -2.56. The molecule has 1 aromatic heterocycles. The number of amides is 2. The van der Waals surface area contributed by atoms with Crippen molar-refractivity contribution in [1.29, 1.82) is 0 Å². The quantitative estimate of drug-likeness (QED) is 0.766. The average Bonchev–Trinajstić information content (AvgIpc) is 3.21. The third-order valence-corrected chi connectivity index (χ3v) is 6.64. The van der Waals surface area contributed by atoms with Crippen molar-refractivity contribution in [2.75, 3.05) is 26.2 Å². The molecule has 2 amide bonds. The van der Waals surface area contributed by atoms with E-state index >= 15 is 0 Å². The van der Waals surface area contributed by atoms with Crippen molar-refractivity contribution in [3.05, 3.63) is 35.7 Å². The van der Waals surface area contributed by atoms with Gasteiger partial charge in [-0.1, -0.05) is 11.6 Å². The van der Waals surface area contributed by atoms with Gasteiger partial charge < -0.3 is 15.2 Å². The molecular weight excluding hydrogens is 352 g/mol. The number of carbonyl (C=O) groups excluding carboxylic acids is 2. The summed E-state index contributed by atoms with van der Waals surface area (Å²) in [5.74, 6) is 1.17. The number of fused-ring (bicyclic) bond motifs is 4. The third-order valence-electron chi connectivity index (χ3n) is 6.64. The molecule has 0 unspecified atom stereocenters. The molecule has 1 aromatic rings. The van der Waals surface area contributed by atoms with Crippen molar-refractivity contribution < 1.29 is 9.59 Å². The van der Waals surface area contributed by atoms with Crippen molar-refractivity contribution in [2.45, 2.75) is 51.6 Å². The minimum Gasteiger partial charge on any atom is -0.357 e. The van der Waals surface area contributed by atoms with E-state index in [9.17, 15) is 9.59 Å². The van der Waals surface area contributed by atoms with Gasteiger partial charge in [-0.05, 0) is 57.1 Å². The maximum absolute atomic E-state index is 12.8. The van der Waals surface area contributed by atoms with Crippen molar-refractivity contribution in [2.24, 2.45) is 11.8 Å². The number of nitrogens with one attached hydrogen (secondary N) is 2. The Bertz CT molecular complexity index is 738. The Hall–Kier alpha value is -2.08. The molecule has 6 heteroatoms. The second kappa shape index (κ2) is 8.11. The molecule has 3 fully saturated rings. The van der Waals surface area contributed by atoms with Crippen LogP contribution in [0.15, 0.2) is 30.0 Å². The van der Waals surface area contributed by atoms with E-state index in [1.54, 1.807) is 12.3 Å². The summed E-state index contributed by atoms with van der Waals surface area (Å²) in [5.41, 5.74) is 1.92. The highest BCUT2D eigenvalue weighted by molar-refractivity contribution is 5.92. The molecule has 0 spiro atoms. The van der Waals surface area contributed by atoms with Gasteiger partial charge >= 0.3 is 0 Å². The normalized spacial score (nSPS) is 29.9. The summed E-state index contributed by atoms with van der Waals surface area (Å²) in [7, 11) is 0. The summed E-state index contributed by atoms with van der Waals surface area (Å²) < 4.78 is 0. The van der Waals surface area contributed by atoms with Gasteiger partial charge in [-0.2, -0.15) is 0 Å². The molecule has 0 aliphatic carbocycles. The maximum atomic E-state index is 12.8. The first-order valence-electron chi connectivity index (χ1n) is 10.6. The zero-order chi connectivity index (χ0) is 19.7. The van der Waals surface area contributed by atoms with Crippen LogP contribution in [0.25, 0.3) is 0 Å². The number of H-pyrrole nitrogens is 1. The van der Waals surface area contributed by atoms with Crippen LogP contribution >= 0.6 is 0 Å². The number of likely N-dealkylation sites (tertiary alicyclic amines) is 1. The van der Waals surface area contributed by atoms with Gasteiger partial charge in [-0.25, -0.2) is 0 Å². The average molecular weight is 385 g/mol. The zero-order valence-corrected chi connectivity index (χ0v) is 17.0. The van der Waals surface area contributed by atoms with Crippen LogP contribution < -0.4 is 5.32 Å². The van der Waals surface area contributed by atoms with E-state index in [1.165, 1.54) is 12.0 Å². The minimum atomic E-state index is -0.0923. The molecule has 3 aliphatic rings. The maximum Gasteiger partial charge on any atom is 0.267 e. The molecule has 6 nitrogen and oxygen atoms in total. The summed E-state index contributed by atoms with van der Waals surface area (Å²) in [4.78, 5) is 32.9. The van der Waals surface area contributed by atoms with Crippen LogP contribution in [0.1, 0.15) is 50.0 Å². The fraction of sp³-hybridized carbons (Fsp3) is 0.636. The molecule has 4 heterocycles. The van der Waals surface area contributed by atoms with E-state index in [1.807, 2.05) is 6.07 Å². The smallest absolute Gasteiger partial charge is 0.267 e. The Kier molecular flexibility index (Phi) is 5.58. The Balaban J connectivity index is 1.51. The molecule has 2 N–H and O–H groups in total. The number of rotatable bonds is 5. The topological polar surface area (TPSA) is 68.4 Å². The largest absolute Gasteiger partial charge is 0.357 e. The lowest BCUT2D eigenvalue weighted by Crippen LogP contribution is -2.67. The van der Waals surface area contributed by atoms with Crippen molar-refractivity contribution >= 4 is 11.8 Å². The first-order chi connectivity index (χ1) is 13.5. The molecule has 3 saturated heterocycles. The summed E-state index contributed by atoms with van der Waals surface area (Å²) >= 11 is 0. The standard InChI is InChI=1S/C22H32N4O2/c1-15(2)8-10-25-13-16-11-17(14-25)20(26-19(16)6-3-7-21(26)27)12-24-22(28)18-5-4-9-23-18/h4-5,8-9,16-17,19-20,23H,3,6-7,10-14H2,1-2H3,(H,24,28)/t16-,17+,19+,20+/m1/s1. The number of nitrogens with zero attached hydrogens (tertiary/aromatic N) is 2. The highest BCUT2D eigenvalue weighted by Crippen LogP contribution is 2.41. The molecular formula is C22H32N4O2. The lowest BCUT2D eigenvalue weighted by molar-refractivity contribution is -0.152. The van der Waals surface area contributed by atoms with Crippen molar-refractivity contribution in [3.63, 3.8) is 0 Å². The van der Waals surface area contributed by atoms with Crippen LogP contribution in [0.4, 0.5) is 0 Å². The number of allylic oxidation sites excluding steroid dienone is 1. The molecule has 3 aliphatic heterocycles. The SMILES string of the molecule is CC(C)=CCN1C[C@H]2C[C@@H](C1)[C@H](CNC(=O)c1ccc[nH]1)N1C(=O)CCC[C@@H]21. The fourth-order valence-corrected chi connectivity index (χ4v) is 5.36. The Labute approximate surface area is 167 Å². The van der Waals surface area contributed by atoms with E-state index in [0.29, 0.717) is 36.5 Å². The third kappa shape index (κ3) is 3.88. The van der Waals surface area contributed by atoms with Crippen LogP contribution in [0.5, 0.6) is 0 Å².